The average molecular weight is 405 g/mol. The molecule has 0 fully saturated rings. The third kappa shape index (κ3) is 5.21. The zero-order valence-electron chi connectivity index (χ0n) is 13.6. The first-order chi connectivity index (χ1) is 13.0. The van der Waals surface area contributed by atoms with Gasteiger partial charge in [-0.2, -0.15) is 0 Å². The summed E-state index contributed by atoms with van der Waals surface area (Å²) in [6.07, 6.45) is 0. The van der Waals surface area contributed by atoms with Crippen LogP contribution in [0.25, 0.3) is 0 Å². The van der Waals surface area contributed by atoms with E-state index in [0.29, 0.717) is 15.2 Å². The lowest BCUT2D eigenvalue weighted by molar-refractivity contribution is -0.384. The summed E-state index contributed by atoms with van der Waals surface area (Å²) in [4.78, 5) is 22.2. The van der Waals surface area contributed by atoms with Gasteiger partial charge >= 0.3 is 0 Å². The maximum absolute atomic E-state index is 13.6. The maximum atomic E-state index is 13.6. The molecule has 1 heterocycles. The number of non-ortho nitro benzene ring substituents is 1. The normalized spacial score (nSPS) is 10.4. The Kier molecular flexibility index (Phi) is 5.94. The predicted octanol–water partition coefficient (Wildman–Crippen LogP) is 4.06. The number of carbonyl (C=O) groups excluding carboxylic acids is 1. The summed E-state index contributed by atoms with van der Waals surface area (Å²) in [6, 6.07) is 11.9. The van der Waals surface area contributed by atoms with Gasteiger partial charge in [-0.15, -0.1) is 10.2 Å². The number of nitrogens with one attached hydrogen (secondary N) is 2. The van der Waals surface area contributed by atoms with Crippen molar-refractivity contribution in [2.75, 3.05) is 16.4 Å². The summed E-state index contributed by atoms with van der Waals surface area (Å²) in [5.74, 6) is -0.686. The molecule has 0 aliphatic rings. The topological polar surface area (TPSA) is 110 Å². The number of carbonyl (C=O) groups is 1. The van der Waals surface area contributed by atoms with Crippen LogP contribution in [-0.2, 0) is 4.79 Å². The van der Waals surface area contributed by atoms with Crippen LogP contribution < -0.4 is 10.6 Å². The Labute approximate surface area is 161 Å². The molecule has 27 heavy (non-hydrogen) atoms. The molecule has 0 atom stereocenters. The van der Waals surface area contributed by atoms with E-state index in [1.165, 1.54) is 35.6 Å². The molecule has 0 aliphatic heterocycles. The van der Waals surface area contributed by atoms with E-state index in [4.69, 9.17) is 0 Å². The number of nitro benzene ring substituents is 1. The minimum Gasteiger partial charge on any atom is -0.328 e. The fraction of sp³-hybridized carbons (Fsp3) is 0.0625. The highest BCUT2D eigenvalue weighted by molar-refractivity contribution is 8.01. The fourth-order valence-electron chi connectivity index (χ4n) is 2.02. The van der Waals surface area contributed by atoms with Gasteiger partial charge in [0.25, 0.3) is 5.69 Å². The zero-order chi connectivity index (χ0) is 19.2. The Morgan fingerprint density at radius 1 is 1.22 bits per heavy atom. The third-order valence-corrected chi connectivity index (χ3v) is 5.16. The molecule has 3 rings (SSSR count). The predicted molar refractivity (Wildman–Crippen MR) is 102 cm³/mol. The molecule has 0 spiro atoms. The van der Waals surface area contributed by atoms with Gasteiger partial charge in [0.05, 0.1) is 16.4 Å². The molecule has 0 bridgehead atoms. The quantitative estimate of drug-likeness (QED) is 0.346. The summed E-state index contributed by atoms with van der Waals surface area (Å²) in [7, 11) is 0. The van der Waals surface area contributed by atoms with E-state index in [0.717, 1.165) is 11.8 Å². The van der Waals surface area contributed by atoms with E-state index in [9.17, 15) is 19.3 Å². The molecule has 11 heteroatoms. The average Bonchev–Trinajstić information content (AvgIpc) is 3.10. The van der Waals surface area contributed by atoms with Crippen LogP contribution in [0.5, 0.6) is 0 Å². The van der Waals surface area contributed by atoms with Crippen molar-refractivity contribution in [3.8, 4) is 0 Å². The van der Waals surface area contributed by atoms with Crippen LogP contribution in [0, 0.1) is 15.9 Å². The van der Waals surface area contributed by atoms with Crippen molar-refractivity contribution in [3.05, 3.63) is 64.5 Å². The van der Waals surface area contributed by atoms with Crippen molar-refractivity contribution in [2.24, 2.45) is 0 Å². The molecule has 2 aromatic carbocycles. The van der Waals surface area contributed by atoms with Crippen molar-refractivity contribution in [3.63, 3.8) is 0 Å². The lowest BCUT2D eigenvalue weighted by Gasteiger charge is -2.03. The summed E-state index contributed by atoms with van der Waals surface area (Å²) in [5, 5.41) is 24.4. The summed E-state index contributed by atoms with van der Waals surface area (Å²) >= 11 is 2.34. The van der Waals surface area contributed by atoms with Crippen LogP contribution in [0.4, 0.5) is 26.6 Å². The van der Waals surface area contributed by atoms with Gasteiger partial charge in [-0.1, -0.05) is 41.3 Å². The molecule has 0 saturated carbocycles. The van der Waals surface area contributed by atoms with Gasteiger partial charge in [0.1, 0.15) is 5.82 Å². The highest BCUT2D eigenvalue weighted by atomic mass is 32.2. The number of para-hydroxylation sites is 1. The van der Waals surface area contributed by atoms with Crippen molar-refractivity contribution >= 4 is 51.2 Å². The second-order valence-electron chi connectivity index (χ2n) is 5.12. The van der Waals surface area contributed by atoms with Crippen molar-refractivity contribution in [1.29, 1.82) is 0 Å². The smallest absolute Gasteiger partial charge is 0.271 e. The Bertz CT molecular complexity index is 982. The Hall–Kier alpha value is -3.05. The number of halogens is 1. The molecule has 1 amide bonds. The molecule has 3 aromatic rings. The van der Waals surface area contributed by atoms with Crippen LogP contribution in [0.1, 0.15) is 0 Å². The first kappa shape index (κ1) is 18.7. The first-order valence-electron chi connectivity index (χ1n) is 7.53. The lowest BCUT2D eigenvalue weighted by atomic mass is 10.3. The third-order valence-electron chi connectivity index (χ3n) is 3.19. The highest BCUT2D eigenvalue weighted by Crippen LogP contribution is 2.28. The number of aromatic nitrogens is 2. The lowest BCUT2D eigenvalue weighted by Crippen LogP contribution is -2.14. The Morgan fingerprint density at radius 2 is 2.04 bits per heavy atom. The van der Waals surface area contributed by atoms with Crippen LogP contribution >= 0.6 is 23.1 Å². The zero-order valence-corrected chi connectivity index (χ0v) is 15.2. The van der Waals surface area contributed by atoms with E-state index in [2.05, 4.69) is 20.8 Å². The fourth-order valence-corrected chi connectivity index (χ4v) is 3.58. The van der Waals surface area contributed by atoms with Gasteiger partial charge in [0, 0.05) is 17.8 Å². The molecule has 2 N–H and O–H groups in total. The molecule has 138 valence electrons. The molecular weight excluding hydrogens is 393 g/mol. The summed E-state index contributed by atoms with van der Waals surface area (Å²) in [6.45, 7) is 0. The van der Waals surface area contributed by atoms with Crippen molar-refractivity contribution in [2.45, 2.75) is 4.34 Å². The molecule has 0 aliphatic carbocycles. The van der Waals surface area contributed by atoms with Gasteiger partial charge in [-0.05, 0) is 18.2 Å². The SMILES string of the molecule is O=C(CSc1nnc(Nc2ccccc2F)s1)Nc1cccc([N+](=O)[O-])c1. The van der Waals surface area contributed by atoms with E-state index >= 15 is 0 Å². The van der Waals surface area contributed by atoms with Crippen molar-refractivity contribution < 1.29 is 14.1 Å². The first-order valence-corrected chi connectivity index (χ1v) is 9.33. The number of hydrogen-bond acceptors (Lipinski definition) is 8. The minimum absolute atomic E-state index is 0.0526. The van der Waals surface area contributed by atoms with Gasteiger partial charge in [-0.3, -0.25) is 14.9 Å². The Balaban J connectivity index is 1.54. The number of anilines is 3. The monoisotopic (exact) mass is 405 g/mol. The van der Waals surface area contributed by atoms with Gasteiger partial charge in [-0.25, -0.2) is 4.39 Å². The van der Waals surface area contributed by atoms with Gasteiger partial charge in [0.2, 0.25) is 11.0 Å². The minimum atomic E-state index is -0.532. The number of hydrogen-bond donors (Lipinski definition) is 2. The number of rotatable bonds is 7. The van der Waals surface area contributed by atoms with Crippen LogP contribution in [0.2, 0.25) is 0 Å². The number of amides is 1. The molecular formula is C16H12FN5O3S2. The number of nitrogens with zero attached hydrogens (tertiary/aromatic N) is 3. The summed E-state index contributed by atoms with van der Waals surface area (Å²) < 4.78 is 14.1. The van der Waals surface area contributed by atoms with Gasteiger partial charge in [0.15, 0.2) is 4.34 Å². The standard InChI is InChI=1S/C16H12FN5O3S2/c17-12-6-1-2-7-13(12)19-15-20-21-16(27-15)26-9-14(23)18-10-4-3-5-11(8-10)22(24)25/h1-8H,9H2,(H,18,23)(H,19,20). The summed E-state index contributed by atoms with van der Waals surface area (Å²) in [5.41, 5.74) is 0.524. The number of nitro groups is 1. The van der Waals surface area contributed by atoms with Crippen molar-refractivity contribution in [1.82, 2.24) is 10.2 Å². The second kappa shape index (κ2) is 8.56. The van der Waals surface area contributed by atoms with E-state index < -0.39 is 10.7 Å². The number of benzene rings is 2. The molecule has 1 aromatic heterocycles. The van der Waals surface area contributed by atoms with Crippen LogP contribution in [0.15, 0.2) is 52.9 Å². The highest BCUT2D eigenvalue weighted by Gasteiger charge is 2.11. The van der Waals surface area contributed by atoms with Crippen LogP contribution in [0.3, 0.4) is 0 Å². The molecule has 8 nitrogen and oxygen atoms in total. The Morgan fingerprint density at radius 3 is 2.81 bits per heavy atom. The second-order valence-corrected chi connectivity index (χ2v) is 7.32. The number of thioether (sulfide) groups is 1. The van der Waals surface area contributed by atoms with E-state index in [1.54, 1.807) is 24.3 Å². The van der Waals surface area contributed by atoms with E-state index in [-0.39, 0.29) is 23.0 Å². The van der Waals surface area contributed by atoms with Gasteiger partial charge < -0.3 is 10.6 Å². The van der Waals surface area contributed by atoms with Crippen LogP contribution in [-0.4, -0.2) is 26.8 Å². The molecule has 0 saturated heterocycles. The molecule has 0 radical (unpaired) electrons. The molecule has 0 unspecified atom stereocenters. The van der Waals surface area contributed by atoms with E-state index in [1.807, 2.05) is 0 Å². The largest absolute Gasteiger partial charge is 0.328 e. The maximum Gasteiger partial charge on any atom is 0.271 e.